The summed E-state index contributed by atoms with van der Waals surface area (Å²) in [7, 11) is 0. The van der Waals surface area contributed by atoms with Crippen LogP contribution in [0.15, 0.2) is 18.3 Å². The van der Waals surface area contributed by atoms with Crippen LogP contribution in [0.5, 0.6) is 0 Å². The maximum absolute atomic E-state index is 8.62. The van der Waals surface area contributed by atoms with Crippen LogP contribution in [0.1, 0.15) is 11.3 Å². The van der Waals surface area contributed by atoms with Crippen molar-refractivity contribution < 1.29 is 10.6 Å². The van der Waals surface area contributed by atoms with Gasteiger partial charge in [0.25, 0.3) is 0 Å². The Kier molecular flexibility index (Phi) is 4.41. The molecule has 0 atom stereocenters. The second-order valence-corrected chi connectivity index (χ2v) is 2.22. The summed E-state index contributed by atoms with van der Waals surface area (Å²) in [6.07, 6.45) is 2.47. The summed E-state index contributed by atoms with van der Waals surface area (Å²) >= 11 is 0. The van der Waals surface area contributed by atoms with Gasteiger partial charge in [0.15, 0.2) is 0 Å². The van der Waals surface area contributed by atoms with Gasteiger partial charge in [-0.2, -0.15) is 0 Å². The quantitative estimate of drug-likeness (QED) is 0.658. The minimum Gasteiger partial charge on any atom is -0.412 e. The molecule has 0 aromatic carbocycles. The molecule has 11 heavy (non-hydrogen) atoms. The maximum Gasteiger partial charge on any atom is 0.0472 e. The number of hydrogen-bond acceptors (Lipinski definition) is 2. The Labute approximate surface area is 66.0 Å². The van der Waals surface area contributed by atoms with E-state index in [0.717, 1.165) is 11.3 Å². The van der Waals surface area contributed by atoms with Gasteiger partial charge in [0, 0.05) is 18.5 Å². The summed E-state index contributed by atoms with van der Waals surface area (Å²) in [6.45, 7) is 2.15. The van der Waals surface area contributed by atoms with Gasteiger partial charge in [0.1, 0.15) is 0 Å². The molecule has 62 valence electrons. The average Bonchev–Trinajstić information content (AvgIpc) is 1.94. The summed E-state index contributed by atoms with van der Waals surface area (Å²) in [6, 6.07) is 3.87. The van der Waals surface area contributed by atoms with Crippen LogP contribution in [0, 0.1) is 6.92 Å². The first-order chi connectivity index (χ1) is 4.84. The lowest BCUT2D eigenvalue weighted by molar-refractivity contribution is 0.299. The van der Waals surface area contributed by atoms with Crippen molar-refractivity contribution in [1.82, 2.24) is 4.98 Å². The third-order valence-electron chi connectivity index (χ3n) is 1.50. The normalized spacial score (nSPS) is 8.91. The predicted molar refractivity (Wildman–Crippen MR) is 43.4 cm³/mol. The predicted octanol–water partition coefficient (Wildman–Crippen LogP) is 0.100. The van der Waals surface area contributed by atoms with Crippen LogP contribution in [0.4, 0.5) is 0 Å². The van der Waals surface area contributed by atoms with Crippen molar-refractivity contribution in [2.24, 2.45) is 0 Å². The van der Waals surface area contributed by atoms with Gasteiger partial charge in [-0.3, -0.25) is 4.98 Å². The maximum atomic E-state index is 8.62. The lowest BCUT2D eigenvalue weighted by atomic mass is 10.1. The average molecular weight is 155 g/mol. The highest BCUT2D eigenvalue weighted by atomic mass is 16.2. The monoisotopic (exact) mass is 155 g/mol. The Balaban J connectivity index is 0.000001000. The summed E-state index contributed by atoms with van der Waals surface area (Å²) in [5.41, 5.74) is 2.14. The number of aryl methyl sites for hydroxylation is 1. The van der Waals surface area contributed by atoms with E-state index in [4.69, 9.17) is 5.11 Å². The number of nitrogens with zero attached hydrogens (tertiary/aromatic N) is 1. The molecule has 3 heteroatoms. The molecule has 0 aliphatic heterocycles. The molecule has 0 saturated carbocycles. The third-order valence-corrected chi connectivity index (χ3v) is 1.50. The van der Waals surface area contributed by atoms with Gasteiger partial charge in [-0.05, 0) is 25.0 Å². The number of aliphatic hydroxyl groups is 1. The molecule has 1 rings (SSSR count). The van der Waals surface area contributed by atoms with Gasteiger partial charge in [-0.1, -0.05) is 6.07 Å². The third kappa shape index (κ3) is 2.65. The van der Waals surface area contributed by atoms with Crippen LogP contribution in [-0.2, 0) is 6.42 Å². The van der Waals surface area contributed by atoms with Crippen molar-refractivity contribution in [2.75, 3.05) is 6.61 Å². The van der Waals surface area contributed by atoms with E-state index in [2.05, 4.69) is 4.98 Å². The van der Waals surface area contributed by atoms with Gasteiger partial charge in [-0.15, -0.1) is 0 Å². The molecule has 1 heterocycles. The largest absolute Gasteiger partial charge is 0.412 e. The van der Waals surface area contributed by atoms with Crippen molar-refractivity contribution in [1.29, 1.82) is 0 Å². The topological polar surface area (TPSA) is 64.6 Å². The SMILES string of the molecule is Cc1ncccc1CCO.O. The lowest BCUT2D eigenvalue weighted by Gasteiger charge is -1.99. The molecule has 0 fully saturated rings. The fourth-order valence-electron chi connectivity index (χ4n) is 0.902. The Morgan fingerprint density at radius 3 is 2.82 bits per heavy atom. The standard InChI is InChI=1S/C8H11NO.H2O/c1-7-8(4-6-10)3-2-5-9-7;/h2-3,5,10H,4,6H2,1H3;1H2. The van der Waals surface area contributed by atoms with Gasteiger partial charge in [-0.25, -0.2) is 0 Å². The molecular formula is C8H13NO2. The second-order valence-electron chi connectivity index (χ2n) is 2.22. The second kappa shape index (κ2) is 4.82. The molecule has 0 aliphatic carbocycles. The molecule has 3 N–H and O–H groups in total. The van der Waals surface area contributed by atoms with E-state index < -0.39 is 0 Å². The van der Waals surface area contributed by atoms with Crippen molar-refractivity contribution in [3.05, 3.63) is 29.6 Å². The van der Waals surface area contributed by atoms with Crippen molar-refractivity contribution in [3.8, 4) is 0 Å². The van der Waals surface area contributed by atoms with Gasteiger partial charge < -0.3 is 10.6 Å². The first-order valence-electron chi connectivity index (χ1n) is 3.36. The van der Waals surface area contributed by atoms with Crippen molar-refractivity contribution in [3.63, 3.8) is 0 Å². The molecule has 1 aromatic rings. The molecule has 0 amide bonds. The summed E-state index contributed by atoms with van der Waals surface area (Å²) < 4.78 is 0. The van der Waals surface area contributed by atoms with Crippen LogP contribution >= 0.6 is 0 Å². The zero-order valence-corrected chi connectivity index (χ0v) is 6.54. The molecule has 0 saturated heterocycles. The van der Waals surface area contributed by atoms with Crippen molar-refractivity contribution >= 4 is 0 Å². The van der Waals surface area contributed by atoms with Crippen LogP contribution in [0.2, 0.25) is 0 Å². The molecular weight excluding hydrogens is 142 g/mol. The molecule has 0 bridgehead atoms. The minimum absolute atomic E-state index is 0. The molecule has 1 aromatic heterocycles. The van der Waals surface area contributed by atoms with Crippen molar-refractivity contribution in [2.45, 2.75) is 13.3 Å². The molecule has 3 nitrogen and oxygen atoms in total. The van der Waals surface area contributed by atoms with E-state index in [0.29, 0.717) is 6.42 Å². The molecule has 0 unspecified atom stereocenters. The van der Waals surface area contributed by atoms with Crippen LogP contribution in [0.3, 0.4) is 0 Å². The Hall–Kier alpha value is -0.930. The highest BCUT2D eigenvalue weighted by Gasteiger charge is 1.94. The Bertz CT molecular complexity index is 213. The van der Waals surface area contributed by atoms with Crippen LogP contribution in [-0.4, -0.2) is 22.2 Å². The highest BCUT2D eigenvalue weighted by Crippen LogP contribution is 2.02. The Morgan fingerprint density at radius 2 is 2.27 bits per heavy atom. The van der Waals surface area contributed by atoms with Gasteiger partial charge in [0.2, 0.25) is 0 Å². The van der Waals surface area contributed by atoms with E-state index in [1.54, 1.807) is 6.20 Å². The number of aliphatic hydroxyl groups excluding tert-OH is 1. The summed E-state index contributed by atoms with van der Waals surface area (Å²) in [5.74, 6) is 0. The fourth-order valence-corrected chi connectivity index (χ4v) is 0.902. The summed E-state index contributed by atoms with van der Waals surface area (Å²) in [4.78, 5) is 4.09. The van der Waals surface area contributed by atoms with Gasteiger partial charge >= 0.3 is 0 Å². The summed E-state index contributed by atoms with van der Waals surface area (Å²) in [5, 5.41) is 8.62. The fraction of sp³-hybridized carbons (Fsp3) is 0.375. The first kappa shape index (κ1) is 10.1. The van der Waals surface area contributed by atoms with E-state index in [1.165, 1.54) is 0 Å². The number of pyridine rings is 1. The van der Waals surface area contributed by atoms with Crippen LogP contribution < -0.4 is 0 Å². The molecule has 0 aliphatic rings. The van der Waals surface area contributed by atoms with Gasteiger partial charge in [0.05, 0.1) is 0 Å². The van der Waals surface area contributed by atoms with Crippen LogP contribution in [0.25, 0.3) is 0 Å². The molecule has 0 spiro atoms. The Morgan fingerprint density at radius 1 is 1.55 bits per heavy atom. The first-order valence-corrected chi connectivity index (χ1v) is 3.36. The number of rotatable bonds is 2. The number of aromatic nitrogens is 1. The minimum atomic E-state index is 0. The lowest BCUT2D eigenvalue weighted by Crippen LogP contribution is -1.94. The smallest absolute Gasteiger partial charge is 0.0472 e. The van der Waals surface area contributed by atoms with E-state index in [1.807, 2.05) is 19.1 Å². The number of hydrogen-bond donors (Lipinski definition) is 1. The zero-order valence-electron chi connectivity index (χ0n) is 6.54. The van der Waals surface area contributed by atoms with E-state index in [-0.39, 0.29) is 12.1 Å². The zero-order chi connectivity index (χ0) is 7.40. The highest BCUT2D eigenvalue weighted by molar-refractivity contribution is 5.18. The van der Waals surface area contributed by atoms with E-state index >= 15 is 0 Å². The molecule has 0 radical (unpaired) electrons. The van der Waals surface area contributed by atoms with E-state index in [9.17, 15) is 0 Å².